The van der Waals surface area contributed by atoms with Crippen molar-refractivity contribution in [1.29, 1.82) is 0 Å². The number of carbonyl (C=O) groups is 2. The second kappa shape index (κ2) is 11.0. The van der Waals surface area contributed by atoms with Crippen molar-refractivity contribution in [2.24, 2.45) is 0 Å². The minimum atomic E-state index is -0.339. The van der Waals surface area contributed by atoms with Gasteiger partial charge in [-0.25, -0.2) is 0 Å². The first-order valence-electron chi connectivity index (χ1n) is 10.3. The molecule has 0 bridgehead atoms. The Kier molecular flexibility index (Phi) is 8.14. The number of para-hydroxylation sites is 1. The van der Waals surface area contributed by atoms with Gasteiger partial charge in [-0.15, -0.1) is 0 Å². The summed E-state index contributed by atoms with van der Waals surface area (Å²) in [6.45, 7) is 3.94. The van der Waals surface area contributed by atoms with Crippen LogP contribution in [0.3, 0.4) is 0 Å². The molecule has 3 aromatic rings. The van der Waals surface area contributed by atoms with E-state index in [2.05, 4.69) is 24.5 Å². The number of nitrogens with one attached hydrogen (secondary N) is 2. The van der Waals surface area contributed by atoms with E-state index in [9.17, 15) is 9.59 Å². The first-order valence-corrected chi connectivity index (χ1v) is 11.1. The Balaban J connectivity index is 1.58. The summed E-state index contributed by atoms with van der Waals surface area (Å²) >= 11 is 11.8. The van der Waals surface area contributed by atoms with Crippen LogP contribution in [-0.2, 0) is 17.6 Å². The van der Waals surface area contributed by atoms with Crippen molar-refractivity contribution in [1.82, 2.24) is 0 Å². The third-order valence-electron chi connectivity index (χ3n) is 4.93. The molecule has 0 aromatic heterocycles. The van der Waals surface area contributed by atoms with Gasteiger partial charge >= 0.3 is 0 Å². The van der Waals surface area contributed by atoms with Gasteiger partial charge in [0, 0.05) is 16.9 Å². The predicted octanol–water partition coefficient (Wildman–Crippen LogP) is 6.39. The first kappa shape index (κ1) is 23.6. The van der Waals surface area contributed by atoms with Crippen molar-refractivity contribution < 1.29 is 14.3 Å². The molecule has 0 aliphatic heterocycles. The zero-order chi connectivity index (χ0) is 23.1. The van der Waals surface area contributed by atoms with E-state index in [0.717, 1.165) is 29.7 Å². The molecule has 2 amide bonds. The van der Waals surface area contributed by atoms with Gasteiger partial charge in [-0.2, -0.15) is 0 Å². The molecule has 0 heterocycles. The van der Waals surface area contributed by atoms with E-state index in [1.165, 1.54) is 0 Å². The molecule has 0 saturated heterocycles. The second-order valence-corrected chi connectivity index (χ2v) is 7.92. The van der Waals surface area contributed by atoms with Crippen molar-refractivity contribution in [2.45, 2.75) is 26.7 Å². The highest BCUT2D eigenvalue weighted by Crippen LogP contribution is 2.25. The number of benzene rings is 3. The fraction of sp³-hybridized carbons (Fsp3) is 0.200. The Bertz CT molecular complexity index is 1090. The van der Waals surface area contributed by atoms with Gasteiger partial charge in [0.05, 0.1) is 10.0 Å². The molecule has 0 aliphatic rings. The summed E-state index contributed by atoms with van der Waals surface area (Å²) in [4.78, 5) is 24.9. The number of amides is 2. The van der Waals surface area contributed by atoms with Gasteiger partial charge in [-0.05, 0) is 66.4 Å². The normalized spacial score (nSPS) is 10.5. The Morgan fingerprint density at radius 3 is 2.09 bits per heavy atom. The van der Waals surface area contributed by atoms with Crippen molar-refractivity contribution in [2.75, 3.05) is 17.2 Å². The monoisotopic (exact) mass is 470 g/mol. The van der Waals surface area contributed by atoms with Crippen LogP contribution in [0.15, 0.2) is 60.7 Å². The lowest BCUT2D eigenvalue weighted by Crippen LogP contribution is -2.20. The van der Waals surface area contributed by atoms with E-state index in [4.69, 9.17) is 27.9 Å². The molecule has 2 N–H and O–H groups in total. The van der Waals surface area contributed by atoms with E-state index in [1.54, 1.807) is 42.5 Å². The van der Waals surface area contributed by atoms with Gasteiger partial charge in [0.1, 0.15) is 5.75 Å². The van der Waals surface area contributed by atoms with Crippen LogP contribution in [0.5, 0.6) is 5.75 Å². The van der Waals surface area contributed by atoms with Crippen LogP contribution < -0.4 is 15.4 Å². The summed E-state index contributed by atoms with van der Waals surface area (Å²) in [5.41, 5.74) is 4.11. The van der Waals surface area contributed by atoms with Gasteiger partial charge in [-0.3, -0.25) is 9.59 Å². The number of carbonyl (C=O) groups excluding carboxylic acids is 2. The first-order chi connectivity index (χ1) is 15.4. The highest BCUT2D eigenvalue weighted by Gasteiger charge is 2.12. The minimum absolute atomic E-state index is 0.185. The molecule has 166 valence electrons. The number of anilines is 2. The molecule has 0 unspecified atom stereocenters. The van der Waals surface area contributed by atoms with Crippen LogP contribution in [0.2, 0.25) is 10.0 Å². The summed E-state index contributed by atoms with van der Waals surface area (Å²) < 4.78 is 5.52. The van der Waals surface area contributed by atoms with Crippen LogP contribution in [-0.4, -0.2) is 18.4 Å². The summed E-state index contributed by atoms with van der Waals surface area (Å²) in [6.07, 6.45) is 1.67. The highest BCUT2D eigenvalue weighted by molar-refractivity contribution is 6.42. The van der Waals surface area contributed by atoms with Gasteiger partial charge in [-0.1, -0.05) is 55.2 Å². The highest BCUT2D eigenvalue weighted by atomic mass is 35.5. The van der Waals surface area contributed by atoms with E-state index < -0.39 is 0 Å². The van der Waals surface area contributed by atoms with Crippen LogP contribution in [0, 0.1) is 0 Å². The molecule has 32 heavy (non-hydrogen) atoms. The SMILES string of the molecule is CCc1cccc(CC)c1NC(=O)c1ccc(OCC(=O)Nc2ccc(Cl)c(Cl)c2)cc1. The molecule has 0 atom stereocenters. The number of hydrogen-bond donors (Lipinski definition) is 2. The Morgan fingerprint density at radius 2 is 1.50 bits per heavy atom. The number of aryl methyl sites for hydroxylation is 2. The topological polar surface area (TPSA) is 67.4 Å². The molecule has 0 saturated carbocycles. The van der Waals surface area contributed by atoms with Crippen LogP contribution in [0.25, 0.3) is 0 Å². The van der Waals surface area contributed by atoms with E-state index in [-0.39, 0.29) is 18.4 Å². The molecule has 0 spiro atoms. The Hall–Kier alpha value is -3.02. The summed E-state index contributed by atoms with van der Waals surface area (Å²) in [7, 11) is 0. The number of rotatable bonds is 8. The van der Waals surface area contributed by atoms with E-state index in [0.29, 0.717) is 27.0 Å². The average Bonchev–Trinajstić information content (AvgIpc) is 2.80. The van der Waals surface area contributed by atoms with Crippen LogP contribution in [0.1, 0.15) is 35.3 Å². The lowest BCUT2D eigenvalue weighted by molar-refractivity contribution is -0.118. The minimum Gasteiger partial charge on any atom is -0.484 e. The molecule has 3 aromatic carbocycles. The predicted molar refractivity (Wildman–Crippen MR) is 130 cm³/mol. The molecule has 0 radical (unpaired) electrons. The maximum Gasteiger partial charge on any atom is 0.262 e. The van der Waals surface area contributed by atoms with Gasteiger partial charge < -0.3 is 15.4 Å². The second-order valence-electron chi connectivity index (χ2n) is 7.10. The Labute approximate surface area is 197 Å². The zero-order valence-corrected chi connectivity index (χ0v) is 19.4. The fourth-order valence-electron chi connectivity index (χ4n) is 3.21. The maximum absolute atomic E-state index is 12.7. The number of halogens is 2. The number of ether oxygens (including phenoxy) is 1. The molecule has 3 rings (SSSR count). The summed E-state index contributed by atoms with van der Waals surface area (Å²) in [5, 5.41) is 6.49. The van der Waals surface area contributed by atoms with Crippen LogP contribution in [0.4, 0.5) is 11.4 Å². The van der Waals surface area contributed by atoms with Crippen molar-refractivity contribution >= 4 is 46.4 Å². The van der Waals surface area contributed by atoms with Crippen LogP contribution >= 0.6 is 23.2 Å². The van der Waals surface area contributed by atoms with E-state index in [1.807, 2.05) is 18.2 Å². The standard InChI is InChI=1S/C25H24Cl2N2O3/c1-3-16-6-5-7-17(4-2)24(16)29-25(31)18-8-11-20(12-9-18)32-15-23(30)28-19-10-13-21(26)22(27)14-19/h5-14H,3-4,15H2,1-2H3,(H,28,30)(H,29,31). The molecular formula is C25H24Cl2N2O3. The quantitative estimate of drug-likeness (QED) is 0.400. The third-order valence-corrected chi connectivity index (χ3v) is 5.67. The molecule has 0 fully saturated rings. The largest absolute Gasteiger partial charge is 0.484 e. The van der Waals surface area contributed by atoms with Crippen molar-refractivity contribution in [3.8, 4) is 5.75 Å². The summed E-state index contributed by atoms with van der Waals surface area (Å²) in [6, 6.07) is 17.5. The van der Waals surface area contributed by atoms with Gasteiger partial charge in [0.15, 0.2) is 6.61 Å². The third kappa shape index (κ3) is 6.02. The van der Waals surface area contributed by atoms with Gasteiger partial charge in [0.2, 0.25) is 0 Å². The van der Waals surface area contributed by atoms with Gasteiger partial charge in [0.25, 0.3) is 11.8 Å². The smallest absolute Gasteiger partial charge is 0.262 e. The lowest BCUT2D eigenvalue weighted by atomic mass is 10.0. The molecule has 0 aliphatic carbocycles. The molecule has 7 heteroatoms. The fourth-order valence-corrected chi connectivity index (χ4v) is 3.51. The number of hydrogen-bond acceptors (Lipinski definition) is 3. The lowest BCUT2D eigenvalue weighted by Gasteiger charge is -2.14. The Morgan fingerprint density at radius 1 is 0.844 bits per heavy atom. The van der Waals surface area contributed by atoms with E-state index >= 15 is 0 Å². The maximum atomic E-state index is 12.7. The summed E-state index contributed by atoms with van der Waals surface area (Å²) in [5.74, 6) is -0.0490. The van der Waals surface area contributed by atoms with Crippen molar-refractivity contribution in [3.63, 3.8) is 0 Å². The molecular weight excluding hydrogens is 447 g/mol. The van der Waals surface area contributed by atoms with Crippen molar-refractivity contribution in [3.05, 3.63) is 87.4 Å². The average molecular weight is 471 g/mol. The molecule has 5 nitrogen and oxygen atoms in total. The zero-order valence-electron chi connectivity index (χ0n) is 17.9.